The van der Waals surface area contributed by atoms with Gasteiger partial charge < -0.3 is 10.6 Å². The fourth-order valence-electron chi connectivity index (χ4n) is 1.15. The van der Waals surface area contributed by atoms with E-state index in [0.29, 0.717) is 19.6 Å². The fourth-order valence-corrected chi connectivity index (χ4v) is 1.15. The molecule has 1 amide bonds. The topological polar surface area (TPSA) is 54.0 Å². The Bertz CT molecular complexity index is 346. The molecule has 0 fully saturated rings. The van der Waals surface area contributed by atoms with Gasteiger partial charge in [0.2, 0.25) is 5.91 Å². The normalized spacial score (nSPS) is 9.81. The van der Waals surface area contributed by atoms with Gasteiger partial charge in [0.15, 0.2) is 0 Å². The van der Waals surface area contributed by atoms with Crippen LogP contribution in [0, 0.1) is 6.92 Å². The van der Waals surface area contributed by atoms with E-state index in [1.807, 2.05) is 19.1 Å². The van der Waals surface area contributed by atoms with Gasteiger partial charge in [0.1, 0.15) is 0 Å². The number of carbonyl (C=O) groups is 1. The zero-order valence-corrected chi connectivity index (χ0v) is 9.49. The van der Waals surface area contributed by atoms with E-state index in [9.17, 15) is 4.79 Å². The molecule has 0 aromatic carbocycles. The van der Waals surface area contributed by atoms with Gasteiger partial charge in [-0.2, -0.15) is 0 Å². The minimum absolute atomic E-state index is 0.0255. The molecule has 4 heteroatoms. The van der Waals surface area contributed by atoms with Crippen LogP contribution >= 0.6 is 0 Å². The summed E-state index contributed by atoms with van der Waals surface area (Å²) in [5, 5.41) is 5.74. The van der Waals surface area contributed by atoms with Crippen LogP contribution in [0.5, 0.6) is 0 Å². The smallest absolute Gasteiger partial charge is 0.234 e. The lowest BCUT2D eigenvalue weighted by Gasteiger charge is -2.05. The first-order valence-electron chi connectivity index (χ1n) is 5.22. The van der Waals surface area contributed by atoms with Gasteiger partial charge in [-0.25, -0.2) is 0 Å². The van der Waals surface area contributed by atoms with Crippen LogP contribution in [-0.4, -0.2) is 24.0 Å². The second kappa shape index (κ2) is 6.74. The molecular formula is C12H17N3O. The number of pyridine rings is 1. The number of rotatable bonds is 6. The summed E-state index contributed by atoms with van der Waals surface area (Å²) in [5.74, 6) is -0.0255. The third-order valence-corrected chi connectivity index (χ3v) is 2.04. The van der Waals surface area contributed by atoms with E-state index >= 15 is 0 Å². The minimum Gasteiger partial charge on any atom is -0.351 e. The summed E-state index contributed by atoms with van der Waals surface area (Å²) in [4.78, 5) is 15.5. The van der Waals surface area contributed by atoms with E-state index in [2.05, 4.69) is 22.2 Å². The van der Waals surface area contributed by atoms with Crippen molar-refractivity contribution in [3.05, 3.63) is 42.2 Å². The van der Waals surface area contributed by atoms with Crippen molar-refractivity contribution in [2.45, 2.75) is 13.5 Å². The number of aromatic nitrogens is 1. The van der Waals surface area contributed by atoms with Crippen molar-refractivity contribution < 1.29 is 4.79 Å². The second-order valence-electron chi connectivity index (χ2n) is 3.50. The van der Waals surface area contributed by atoms with Gasteiger partial charge in [0.05, 0.1) is 6.54 Å². The van der Waals surface area contributed by atoms with Gasteiger partial charge in [0, 0.05) is 25.0 Å². The predicted molar refractivity (Wildman–Crippen MR) is 63.9 cm³/mol. The molecule has 0 saturated heterocycles. The third kappa shape index (κ3) is 4.70. The zero-order chi connectivity index (χ0) is 11.8. The summed E-state index contributed by atoms with van der Waals surface area (Å²) < 4.78 is 0. The van der Waals surface area contributed by atoms with E-state index in [-0.39, 0.29) is 5.91 Å². The molecule has 0 unspecified atom stereocenters. The quantitative estimate of drug-likeness (QED) is 0.549. The lowest BCUT2D eigenvalue weighted by molar-refractivity contribution is -0.120. The Kier molecular flexibility index (Phi) is 5.22. The summed E-state index contributed by atoms with van der Waals surface area (Å²) in [6, 6.07) is 3.89. The van der Waals surface area contributed by atoms with E-state index < -0.39 is 0 Å². The summed E-state index contributed by atoms with van der Waals surface area (Å²) in [6.07, 6.45) is 3.49. The van der Waals surface area contributed by atoms with E-state index in [4.69, 9.17) is 0 Å². The Hall–Kier alpha value is -1.68. The highest BCUT2D eigenvalue weighted by atomic mass is 16.1. The number of nitrogens with zero attached hydrogens (tertiary/aromatic N) is 1. The van der Waals surface area contributed by atoms with Crippen LogP contribution in [0.25, 0.3) is 0 Å². The third-order valence-electron chi connectivity index (χ3n) is 2.04. The lowest BCUT2D eigenvalue weighted by atomic mass is 10.2. The Morgan fingerprint density at radius 3 is 3.00 bits per heavy atom. The highest BCUT2D eigenvalue weighted by Crippen LogP contribution is 1.98. The SMILES string of the molecule is C=CCNCC(=O)NCc1ccc(C)nc1. The summed E-state index contributed by atoms with van der Waals surface area (Å²) in [7, 11) is 0. The molecule has 0 saturated carbocycles. The molecule has 4 nitrogen and oxygen atoms in total. The number of amides is 1. The van der Waals surface area contributed by atoms with Crippen LogP contribution in [0.1, 0.15) is 11.3 Å². The van der Waals surface area contributed by atoms with Gasteiger partial charge in [-0.3, -0.25) is 9.78 Å². The maximum Gasteiger partial charge on any atom is 0.234 e. The van der Waals surface area contributed by atoms with Crippen LogP contribution < -0.4 is 10.6 Å². The largest absolute Gasteiger partial charge is 0.351 e. The molecule has 86 valence electrons. The van der Waals surface area contributed by atoms with Gasteiger partial charge in [-0.05, 0) is 18.6 Å². The molecule has 1 aromatic rings. The van der Waals surface area contributed by atoms with E-state index in [1.54, 1.807) is 12.3 Å². The maximum absolute atomic E-state index is 11.3. The first-order valence-corrected chi connectivity index (χ1v) is 5.22. The lowest BCUT2D eigenvalue weighted by Crippen LogP contribution is -2.33. The van der Waals surface area contributed by atoms with Crippen LogP contribution in [0.15, 0.2) is 31.0 Å². The van der Waals surface area contributed by atoms with Crippen LogP contribution in [-0.2, 0) is 11.3 Å². The van der Waals surface area contributed by atoms with Gasteiger partial charge in [-0.1, -0.05) is 12.1 Å². The van der Waals surface area contributed by atoms with Crippen molar-refractivity contribution in [3.63, 3.8) is 0 Å². The van der Waals surface area contributed by atoms with Gasteiger partial charge >= 0.3 is 0 Å². The molecule has 0 bridgehead atoms. The second-order valence-corrected chi connectivity index (χ2v) is 3.50. The standard InChI is InChI=1S/C12H17N3O/c1-3-6-13-9-12(16)15-8-11-5-4-10(2)14-7-11/h3-5,7,13H,1,6,8-9H2,2H3,(H,15,16). The van der Waals surface area contributed by atoms with Crippen molar-refractivity contribution in [2.75, 3.05) is 13.1 Å². The molecule has 0 spiro atoms. The molecule has 0 atom stereocenters. The molecule has 1 aromatic heterocycles. The van der Waals surface area contributed by atoms with Crippen LogP contribution in [0.2, 0.25) is 0 Å². The van der Waals surface area contributed by atoms with E-state index in [1.165, 1.54) is 0 Å². The summed E-state index contributed by atoms with van der Waals surface area (Å²) >= 11 is 0. The van der Waals surface area contributed by atoms with Crippen molar-refractivity contribution in [3.8, 4) is 0 Å². The number of hydrogen-bond donors (Lipinski definition) is 2. The number of hydrogen-bond acceptors (Lipinski definition) is 3. The van der Waals surface area contributed by atoms with Gasteiger partial charge in [-0.15, -0.1) is 6.58 Å². The zero-order valence-electron chi connectivity index (χ0n) is 9.49. The molecule has 0 aliphatic heterocycles. The Morgan fingerprint density at radius 1 is 1.56 bits per heavy atom. The van der Waals surface area contributed by atoms with Crippen molar-refractivity contribution in [1.82, 2.24) is 15.6 Å². The molecule has 0 radical (unpaired) electrons. The highest BCUT2D eigenvalue weighted by molar-refractivity contribution is 5.77. The molecule has 0 aliphatic carbocycles. The number of carbonyl (C=O) groups excluding carboxylic acids is 1. The molecule has 1 heterocycles. The predicted octanol–water partition coefficient (Wildman–Crippen LogP) is 0.782. The maximum atomic E-state index is 11.3. The summed E-state index contributed by atoms with van der Waals surface area (Å²) in [5.41, 5.74) is 1.98. The Labute approximate surface area is 95.8 Å². The molecular weight excluding hydrogens is 202 g/mol. The first-order chi connectivity index (χ1) is 7.72. The minimum atomic E-state index is -0.0255. The summed E-state index contributed by atoms with van der Waals surface area (Å²) in [6.45, 7) is 6.95. The molecule has 1 rings (SSSR count). The van der Waals surface area contributed by atoms with Crippen molar-refractivity contribution in [1.29, 1.82) is 0 Å². The van der Waals surface area contributed by atoms with E-state index in [0.717, 1.165) is 11.3 Å². The molecule has 16 heavy (non-hydrogen) atoms. The van der Waals surface area contributed by atoms with Crippen molar-refractivity contribution in [2.24, 2.45) is 0 Å². The average Bonchev–Trinajstić information content (AvgIpc) is 2.29. The average molecular weight is 219 g/mol. The van der Waals surface area contributed by atoms with Crippen LogP contribution in [0.4, 0.5) is 0 Å². The van der Waals surface area contributed by atoms with Crippen LogP contribution in [0.3, 0.4) is 0 Å². The number of aryl methyl sites for hydroxylation is 1. The number of nitrogens with one attached hydrogen (secondary N) is 2. The Morgan fingerprint density at radius 2 is 2.38 bits per heavy atom. The van der Waals surface area contributed by atoms with Crippen molar-refractivity contribution >= 4 is 5.91 Å². The Balaban J connectivity index is 2.26. The fraction of sp³-hybridized carbons (Fsp3) is 0.333. The monoisotopic (exact) mass is 219 g/mol. The highest BCUT2D eigenvalue weighted by Gasteiger charge is 1.99. The first kappa shape index (κ1) is 12.4. The molecule has 2 N–H and O–H groups in total. The molecule has 0 aliphatic rings. The van der Waals surface area contributed by atoms with Gasteiger partial charge in [0.25, 0.3) is 0 Å².